The molecule has 6 nitrogen and oxygen atoms in total. The fourth-order valence-corrected chi connectivity index (χ4v) is 2.25. The first-order chi connectivity index (χ1) is 10.6. The molecule has 22 heavy (non-hydrogen) atoms. The summed E-state index contributed by atoms with van der Waals surface area (Å²) in [6.45, 7) is 7.97. The van der Waals surface area contributed by atoms with Gasteiger partial charge in [-0.25, -0.2) is 9.67 Å². The number of nitrogens with zero attached hydrogens (tertiary/aromatic N) is 4. The monoisotopic (exact) mass is 300 g/mol. The second-order valence-electron chi connectivity index (χ2n) is 4.93. The summed E-state index contributed by atoms with van der Waals surface area (Å²) in [5.74, 6) is 1.37. The molecule has 0 aliphatic carbocycles. The van der Waals surface area contributed by atoms with Gasteiger partial charge in [-0.3, -0.25) is 4.79 Å². The van der Waals surface area contributed by atoms with E-state index < -0.39 is 0 Å². The third kappa shape index (κ3) is 3.40. The minimum Gasteiger partial charge on any atom is -0.395 e. The third-order valence-electron chi connectivity index (χ3n) is 3.24. The van der Waals surface area contributed by atoms with E-state index >= 15 is 0 Å². The van der Waals surface area contributed by atoms with E-state index in [9.17, 15) is 4.79 Å². The van der Waals surface area contributed by atoms with Crippen LogP contribution in [-0.4, -0.2) is 50.4 Å². The molecule has 0 fully saturated rings. The summed E-state index contributed by atoms with van der Waals surface area (Å²) in [7, 11) is 0. The van der Waals surface area contributed by atoms with Crippen LogP contribution in [0.3, 0.4) is 0 Å². The molecular formula is C16H20N4O2. The zero-order valence-electron chi connectivity index (χ0n) is 12.9. The number of hydrogen-bond donors (Lipinski definition) is 1. The molecule has 116 valence electrons. The molecule has 0 bridgehead atoms. The highest BCUT2D eigenvalue weighted by atomic mass is 16.3. The molecule has 2 rings (SSSR count). The lowest BCUT2D eigenvalue weighted by Gasteiger charge is -2.20. The normalized spacial score (nSPS) is 10.5. The maximum atomic E-state index is 12.4. The van der Waals surface area contributed by atoms with E-state index in [0.717, 1.165) is 11.5 Å². The van der Waals surface area contributed by atoms with Crippen LogP contribution in [0.5, 0.6) is 0 Å². The molecule has 0 radical (unpaired) electrons. The Hall–Kier alpha value is -2.47. The van der Waals surface area contributed by atoms with Crippen LogP contribution < -0.4 is 0 Å². The quantitative estimate of drug-likeness (QED) is 0.821. The average molecular weight is 300 g/mol. The highest BCUT2D eigenvalue weighted by Gasteiger charge is 2.14. The number of aliphatic hydroxyl groups is 1. The predicted octanol–water partition coefficient (Wildman–Crippen LogP) is 1.50. The first-order valence-electron chi connectivity index (χ1n) is 7.08. The molecule has 2 aromatic rings. The van der Waals surface area contributed by atoms with Gasteiger partial charge in [0, 0.05) is 18.7 Å². The SMILES string of the molecule is C=CCN(CCO)C(=O)c1ccc(-n2nc(C)nc2C)cc1. The van der Waals surface area contributed by atoms with Crippen molar-refractivity contribution in [1.82, 2.24) is 19.7 Å². The first kappa shape index (κ1) is 15.9. The molecule has 0 aliphatic heterocycles. The van der Waals surface area contributed by atoms with E-state index in [1.54, 1.807) is 27.8 Å². The largest absolute Gasteiger partial charge is 0.395 e. The van der Waals surface area contributed by atoms with Crippen LogP contribution in [0, 0.1) is 13.8 Å². The maximum absolute atomic E-state index is 12.4. The second-order valence-corrected chi connectivity index (χ2v) is 4.93. The Morgan fingerprint density at radius 1 is 1.36 bits per heavy atom. The van der Waals surface area contributed by atoms with Gasteiger partial charge in [0.25, 0.3) is 5.91 Å². The Bertz CT molecular complexity index is 661. The third-order valence-corrected chi connectivity index (χ3v) is 3.24. The second kappa shape index (κ2) is 7.00. The molecule has 1 aromatic carbocycles. The average Bonchev–Trinajstić information content (AvgIpc) is 2.85. The number of amides is 1. The highest BCUT2D eigenvalue weighted by Crippen LogP contribution is 2.13. The first-order valence-corrected chi connectivity index (χ1v) is 7.08. The number of hydrogen-bond acceptors (Lipinski definition) is 4. The van der Waals surface area contributed by atoms with Gasteiger partial charge in [-0.15, -0.1) is 6.58 Å². The fraction of sp³-hybridized carbons (Fsp3) is 0.312. The summed E-state index contributed by atoms with van der Waals surface area (Å²) < 4.78 is 1.73. The van der Waals surface area contributed by atoms with Crippen molar-refractivity contribution in [3.8, 4) is 5.69 Å². The van der Waals surface area contributed by atoms with Crippen LogP contribution in [-0.2, 0) is 0 Å². The number of aromatic nitrogens is 3. The molecule has 0 unspecified atom stereocenters. The Kier molecular flexibility index (Phi) is 5.06. The molecule has 1 amide bonds. The molecule has 0 aliphatic rings. The Balaban J connectivity index is 2.22. The Morgan fingerprint density at radius 2 is 2.05 bits per heavy atom. The maximum Gasteiger partial charge on any atom is 0.254 e. The molecule has 1 N–H and O–H groups in total. The van der Waals surface area contributed by atoms with Gasteiger partial charge in [0.05, 0.1) is 12.3 Å². The van der Waals surface area contributed by atoms with Crippen molar-refractivity contribution in [3.05, 3.63) is 54.1 Å². The van der Waals surface area contributed by atoms with Gasteiger partial charge in [-0.05, 0) is 38.1 Å². The van der Waals surface area contributed by atoms with Gasteiger partial charge < -0.3 is 10.0 Å². The smallest absolute Gasteiger partial charge is 0.254 e. The lowest BCUT2D eigenvalue weighted by Crippen LogP contribution is -2.33. The molecule has 1 heterocycles. The van der Waals surface area contributed by atoms with E-state index in [2.05, 4.69) is 16.7 Å². The molecule has 0 saturated carbocycles. The van der Waals surface area contributed by atoms with Crippen LogP contribution in [0.15, 0.2) is 36.9 Å². The summed E-state index contributed by atoms with van der Waals surface area (Å²) in [6.07, 6.45) is 1.64. The summed E-state index contributed by atoms with van der Waals surface area (Å²) in [4.78, 5) is 18.2. The molecule has 0 saturated heterocycles. The van der Waals surface area contributed by atoms with Crippen molar-refractivity contribution in [2.75, 3.05) is 19.7 Å². The van der Waals surface area contributed by atoms with Crippen molar-refractivity contribution < 1.29 is 9.90 Å². The van der Waals surface area contributed by atoms with Crippen LogP contribution in [0.1, 0.15) is 22.0 Å². The number of aliphatic hydroxyl groups excluding tert-OH is 1. The number of carbonyl (C=O) groups excluding carboxylic acids is 1. The van der Waals surface area contributed by atoms with E-state index in [0.29, 0.717) is 17.9 Å². The van der Waals surface area contributed by atoms with Crippen molar-refractivity contribution in [2.45, 2.75) is 13.8 Å². The lowest BCUT2D eigenvalue weighted by atomic mass is 10.1. The van der Waals surface area contributed by atoms with Crippen molar-refractivity contribution in [2.24, 2.45) is 0 Å². The minimum atomic E-state index is -0.132. The van der Waals surface area contributed by atoms with Crippen molar-refractivity contribution in [3.63, 3.8) is 0 Å². The van der Waals surface area contributed by atoms with Gasteiger partial charge in [0.2, 0.25) is 0 Å². The minimum absolute atomic E-state index is 0.0743. The Labute approximate surface area is 129 Å². The van der Waals surface area contributed by atoms with E-state index in [4.69, 9.17) is 5.11 Å². The lowest BCUT2D eigenvalue weighted by molar-refractivity contribution is 0.0743. The molecular weight excluding hydrogens is 280 g/mol. The molecule has 6 heteroatoms. The van der Waals surface area contributed by atoms with Crippen LogP contribution >= 0.6 is 0 Å². The van der Waals surface area contributed by atoms with Crippen LogP contribution in [0.25, 0.3) is 5.69 Å². The van der Waals surface area contributed by atoms with Gasteiger partial charge in [-0.2, -0.15) is 5.10 Å². The van der Waals surface area contributed by atoms with Crippen LogP contribution in [0.2, 0.25) is 0 Å². The molecule has 0 atom stereocenters. The van der Waals surface area contributed by atoms with Gasteiger partial charge in [0.1, 0.15) is 11.6 Å². The summed E-state index contributed by atoms with van der Waals surface area (Å²) in [5.41, 5.74) is 1.42. The zero-order chi connectivity index (χ0) is 16.1. The summed E-state index contributed by atoms with van der Waals surface area (Å²) in [5, 5.41) is 13.4. The number of aryl methyl sites for hydroxylation is 2. The molecule has 0 spiro atoms. The number of rotatable bonds is 6. The summed E-state index contributed by atoms with van der Waals surface area (Å²) in [6, 6.07) is 7.17. The van der Waals surface area contributed by atoms with Gasteiger partial charge in [-0.1, -0.05) is 6.08 Å². The van der Waals surface area contributed by atoms with Crippen LogP contribution in [0.4, 0.5) is 0 Å². The Morgan fingerprint density at radius 3 is 2.55 bits per heavy atom. The number of carbonyl (C=O) groups is 1. The van der Waals surface area contributed by atoms with E-state index in [1.165, 1.54) is 0 Å². The zero-order valence-corrected chi connectivity index (χ0v) is 12.9. The van der Waals surface area contributed by atoms with E-state index in [1.807, 2.05) is 26.0 Å². The number of benzene rings is 1. The summed E-state index contributed by atoms with van der Waals surface area (Å²) >= 11 is 0. The highest BCUT2D eigenvalue weighted by molar-refractivity contribution is 5.94. The fourth-order valence-electron chi connectivity index (χ4n) is 2.25. The van der Waals surface area contributed by atoms with Gasteiger partial charge in [0.15, 0.2) is 0 Å². The standard InChI is InChI=1S/C16H20N4O2/c1-4-9-19(10-11-21)16(22)14-5-7-15(8-6-14)20-13(3)17-12(2)18-20/h4-8,21H,1,9-11H2,2-3H3. The van der Waals surface area contributed by atoms with Gasteiger partial charge >= 0.3 is 0 Å². The van der Waals surface area contributed by atoms with Crippen molar-refractivity contribution >= 4 is 5.91 Å². The van der Waals surface area contributed by atoms with Crippen molar-refractivity contribution in [1.29, 1.82) is 0 Å². The predicted molar refractivity (Wildman–Crippen MR) is 84.0 cm³/mol. The molecule has 1 aromatic heterocycles. The van der Waals surface area contributed by atoms with E-state index in [-0.39, 0.29) is 19.1 Å². The topological polar surface area (TPSA) is 71.2 Å².